The molecular weight excluding hydrogens is 334 g/mol. The quantitative estimate of drug-likeness (QED) is 0.786. The number of aromatic nitrogens is 1. The average Bonchev–Trinajstić information content (AvgIpc) is 3.22. The highest BCUT2D eigenvalue weighted by atomic mass is 35.5. The summed E-state index contributed by atoms with van der Waals surface area (Å²) in [6.07, 6.45) is 4.48. The van der Waals surface area contributed by atoms with E-state index in [9.17, 15) is 4.79 Å². The molecule has 2 heterocycles. The average molecular weight is 360 g/mol. The van der Waals surface area contributed by atoms with Gasteiger partial charge in [-0.2, -0.15) is 0 Å². The molecule has 0 N–H and O–H groups in total. The minimum atomic E-state index is 0.0964. The second-order valence-electron chi connectivity index (χ2n) is 6.86. The van der Waals surface area contributed by atoms with Crippen LogP contribution >= 0.6 is 11.6 Å². The van der Waals surface area contributed by atoms with Gasteiger partial charge < -0.3 is 14.4 Å². The molecule has 3 rings (SSSR count). The zero-order valence-electron chi connectivity index (χ0n) is 15.0. The number of benzene rings is 1. The van der Waals surface area contributed by atoms with Crippen molar-refractivity contribution in [3.05, 3.63) is 58.4 Å². The summed E-state index contributed by atoms with van der Waals surface area (Å²) < 4.78 is 1.92. The number of rotatable bonds is 6. The Kier molecular flexibility index (Phi) is 5.82. The molecule has 1 fully saturated rings. The van der Waals surface area contributed by atoms with E-state index in [-0.39, 0.29) is 5.91 Å². The van der Waals surface area contributed by atoms with E-state index in [2.05, 4.69) is 4.90 Å². The van der Waals surface area contributed by atoms with E-state index < -0.39 is 0 Å². The highest BCUT2D eigenvalue weighted by Crippen LogP contribution is 2.17. The molecule has 1 aliphatic heterocycles. The Hall–Kier alpha value is -1.78. The number of aryl methyl sites for hydroxylation is 2. The van der Waals surface area contributed by atoms with E-state index in [0.717, 1.165) is 48.0 Å². The summed E-state index contributed by atoms with van der Waals surface area (Å²) in [4.78, 5) is 17.6. The van der Waals surface area contributed by atoms with Crippen LogP contribution in [-0.4, -0.2) is 46.5 Å². The number of nitrogens with zero attached hydrogens (tertiary/aromatic N) is 3. The van der Waals surface area contributed by atoms with E-state index in [1.165, 1.54) is 12.8 Å². The van der Waals surface area contributed by atoms with Crippen LogP contribution in [0.25, 0.3) is 0 Å². The summed E-state index contributed by atoms with van der Waals surface area (Å²) in [5.41, 5.74) is 2.90. The monoisotopic (exact) mass is 359 g/mol. The molecule has 2 aromatic rings. The molecule has 1 aromatic heterocycles. The van der Waals surface area contributed by atoms with Crippen molar-refractivity contribution in [2.24, 2.45) is 7.05 Å². The first-order valence-electron chi connectivity index (χ1n) is 8.92. The molecule has 0 aliphatic carbocycles. The van der Waals surface area contributed by atoms with Crippen LogP contribution in [0.4, 0.5) is 0 Å². The van der Waals surface area contributed by atoms with Crippen molar-refractivity contribution in [2.75, 3.05) is 26.2 Å². The Balaban J connectivity index is 1.77. The van der Waals surface area contributed by atoms with Gasteiger partial charge in [0.05, 0.1) is 0 Å². The van der Waals surface area contributed by atoms with Crippen LogP contribution in [0.2, 0.25) is 5.02 Å². The summed E-state index contributed by atoms with van der Waals surface area (Å²) in [5.74, 6) is 0.0964. The van der Waals surface area contributed by atoms with Gasteiger partial charge in [0, 0.05) is 37.9 Å². The highest BCUT2D eigenvalue weighted by Gasteiger charge is 2.22. The molecule has 0 saturated carbocycles. The second kappa shape index (κ2) is 8.07. The molecule has 1 amide bonds. The summed E-state index contributed by atoms with van der Waals surface area (Å²) in [6.45, 7) is 6.57. The summed E-state index contributed by atoms with van der Waals surface area (Å²) in [6, 6.07) is 9.75. The van der Waals surface area contributed by atoms with Crippen LogP contribution in [0.3, 0.4) is 0 Å². The van der Waals surface area contributed by atoms with Crippen molar-refractivity contribution in [3.63, 3.8) is 0 Å². The lowest BCUT2D eigenvalue weighted by molar-refractivity contribution is 0.0716. The largest absolute Gasteiger partial charge is 0.346 e. The second-order valence-corrected chi connectivity index (χ2v) is 7.30. The van der Waals surface area contributed by atoms with Gasteiger partial charge in [-0.3, -0.25) is 4.79 Å². The van der Waals surface area contributed by atoms with Gasteiger partial charge >= 0.3 is 0 Å². The Morgan fingerprint density at radius 3 is 2.44 bits per heavy atom. The van der Waals surface area contributed by atoms with Crippen molar-refractivity contribution < 1.29 is 4.79 Å². The van der Waals surface area contributed by atoms with E-state index in [1.54, 1.807) is 0 Å². The van der Waals surface area contributed by atoms with Gasteiger partial charge in [-0.25, -0.2) is 0 Å². The van der Waals surface area contributed by atoms with Gasteiger partial charge in [-0.1, -0.05) is 23.7 Å². The normalized spacial score (nSPS) is 14.8. The molecule has 1 aliphatic rings. The standard InChI is InChI=1S/C20H26ClN3O/c1-16-9-12-22(2)19(16)20(25)24(14-13-23-10-3-4-11-23)15-17-5-7-18(21)8-6-17/h5-9,12H,3-4,10-11,13-15H2,1-2H3. The minimum Gasteiger partial charge on any atom is -0.346 e. The third-order valence-electron chi connectivity index (χ3n) is 4.94. The first kappa shape index (κ1) is 18.0. The van der Waals surface area contributed by atoms with E-state index in [1.807, 2.05) is 60.0 Å². The fourth-order valence-electron chi connectivity index (χ4n) is 3.46. The molecular formula is C20H26ClN3O. The van der Waals surface area contributed by atoms with E-state index in [0.29, 0.717) is 6.54 Å². The Morgan fingerprint density at radius 1 is 1.16 bits per heavy atom. The van der Waals surface area contributed by atoms with Crippen molar-refractivity contribution >= 4 is 17.5 Å². The third kappa shape index (κ3) is 4.44. The first-order chi connectivity index (χ1) is 12.0. The molecule has 5 heteroatoms. The Morgan fingerprint density at radius 2 is 1.84 bits per heavy atom. The molecule has 1 saturated heterocycles. The summed E-state index contributed by atoms with van der Waals surface area (Å²) in [5, 5.41) is 0.719. The van der Waals surface area contributed by atoms with Crippen molar-refractivity contribution in [2.45, 2.75) is 26.3 Å². The number of halogens is 1. The summed E-state index contributed by atoms with van der Waals surface area (Å²) in [7, 11) is 1.93. The molecule has 0 radical (unpaired) electrons. The lowest BCUT2D eigenvalue weighted by Gasteiger charge is -2.26. The van der Waals surface area contributed by atoms with Crippen LogP contribution in [0.15, 0.2) is 36.5 Å². The first-order valence-corrected chi connectivity index (χ1v) is 9.30. The third-order valence-corrected chi connectivity index (χ3v) is 5.19. The van der Waals surface area contributed by atoms with Crippen LogP contribution in [-0.2, 0) is 13.6 Å². The molecule has 134 valence electrons. The van der Waals surface area contributed by atoms with Gasteiger partial charge in [0.1, 0.15) is 5.69 Å². The van der Waals surface area contributed by atoms with Crippen LogP contribution in [0, 0.1) is 6.92 Å². The van der Waals surface area contributed by atoms with E-state index >= 15 is 0 Å². The number of likely N-dealkylation sites (tertiary alicyclic amines) is 1. The maximum Gasteiger partial charge on any atom is 0.271 e. The van der Waals surface area contributed by atoms with Crippen molar-refractivity contribution in [1.82, 2.24) is 14.4 Å². The predicted molar refractivity (Wildman–Crippen MR) is 102 cm³/mol. The molecule has 4 nitrogen and oxygen atoms in total. The zero-order valence-corrected chi connectivity index (χ0v) is 15.8. The maximum absolute atomic E-state index is 13.2. The van der Waals surface area contributed by atoms with Crippen LogP contribution in [0.5, 0.6) is 0 Å². The van der Waals surface area contributed by atoms with Crippen molar-refractivity contribution in [1.29, 1.82) is 0 Å². The number of carbonyl (C=O) groups excluding carboxylic acids is 1. The van der Waals surface area contributed by atoms with Crippen molar-refractivity contribution in [3.8, 4) is 0 Å². The topological polar surface area (TPSA) is 28.5 Å². The number of hydrogen-bond acceptors (Lipinski definition) is 2. The zero-order chi connectivity index (χ0) is 17.8. The van der Waals surface area contributed by atoms with Gasteiger partial charge in [-0.15, -0.1) is 0 Å². The Bertz CT molecular complexity index is 698. The molecule has 1 aromatic carbocycles. The van der Waals surface area contributed by atoms with Gasteiger partial charge in [-0.05, 0) is 62.2 Å². The highest BCUT2D eigenvalue weighted by molar-refractivity contribution is 6.30. The SMILES string of the molecule is Cc1ccn(C)c1C(=O)N(CCN1CCCC1)Cc1ccc(Cl)cc1. The predicted octanol–water partition coefficient (Wildman–Crippen LogP) is 3.73. The Labute approximate surface area is 155 Å². The fraction of sp³-hybridized carbons (Fsp3) is 0.450. The number of carbonyl (C=O) groups is 1. The van der Waals surface area contributed by atoms with Crippen LogP contribution in [0.1, 0.15) is 34.5 Å². The smallest absolute Gasteiger partial charge is 0.271 e. The fourth-order valence-corrected chi connectivity index (χ4v) is 3.58. The number of amides is 1. The van der Waals surface area contributed by atoms with Crippen LogP contribution < -0.4 is 0 Å². The lowest BCUT2D eigenvalue weighted by Crippen LogP contribution is -2.38. The van der Waals surface area contributed by atoms with Gasteiger partial charge in [0.15, 0.2) is 0 Å². The van der Waals surface area contributed by atoms with Gasteiger partial charge in [0.2, 0.25) is 0 Å². The number of hydrogen-bond donors (Lipinski definition) is 0. The van der Waals surface area contributed by atoms with Gasteiger partial charge in [0.25, 0.3) is 5.91 Å². The molecule has 25 heavy (non-hydrogen) atoms. The maximum atomic E-state index is 13.2. The molecule has 0 spiro atoms. The lowest BCUT2D eigenvalue weighted by atomic mass is 10.2. The van der Waals surface area contributed by atoms with E-state index in [4.69, 9.17) is 11.6 Å². The molecule has 0 atom stereocenters. The summed E-state index contributed by atoms with van der Waals surface area (Å²) >= 11 is 5.99. The minimum absolute atomic E-state index is 0.0964. The molecule has 0 unspecified atom stereocenters. The molecule has 0 bridgehead atoms.